The Balaban J connectivity index is 2.30. The maximum atomic E-state index is 11.2. The highest BCUT2D eigenvalue weighted by molar-refractivity contribution is 5.97. The van der Waals surface area contributed by atoms with Crippen molar-refractivity contribution in [3.8, 4) is 0 Å². The lowest BCUT2D eigenvalue weighted by molar-refractivity contribution is 0.1000. The second-order valence-corrected chi connectivity index (χ2v) is 3.70. The predicted octanol–water partition coefficient (Wildman–Crippen LogP) is 2.96. The molecule has 2 aromatic carbocycles. The summed E-state index contributed by atoms with van der Waals surface area (Å²) in [6.45, 7) is 0. The van der Waals surface area contributed by atoms with Gasteiger partial charge >= 0.3 is 0 Å². The molecule has 0 unspecified atom stereocenters. The normalized spacial score (nSPS) is 10.6. The molecular formula is C15H13NO. The third-order valence-electron chi connectivity index (χ3n) is 2.48. The van der Waals surface area contributed by atoms with Gasteiger partial charge in [0, 0.05) is 5.56 Å². The Bertz CT molecular complexity index is 544. The Hall–Kier alpha value is -2.35. The van der Waals surface area contributed by atoms with Crippen LogP contribution in [0.1, 0.15) is 21.5 Å². The van der Waals surface area contributed by atoms with E-state index in [1.54, 1.807) is 12.1 Å². The van der Waals surface area contributed by atoms with E-state index < -0.39 is 5.91 Å². The smallest absolute Gasteiger partial charge is 0.249 e. The monoisotopic (exact) mass is 223 g/mol. The molecule has 0 radical (unpaired) electrons. The van der Waals surface area contributed by atoms with Crippen molar-refractivity contribution in [2.75, 3.05) is 0 Å². The van der Waals surface area contributed by atoms with Gasteiger partial charge in [-0.3, -0.25) is 4.79 Å². The second kappa shape index (κ2) is 5.12. The Morgan fingerprint density at radius 3 is 2.24 bits per heavy atom. The maximum absolute atomic E-state index is 11.2. The molecule has 1 amide bonds. The highest BCUT2D eigenvalue weighted by atomic mass is 16.1. The van der Waals surface area contributed by atoms with Crippen LogP contribution in [0.5, 0.6) is 0 Å². The van der Waals surface area contributed by atoms with E-state index >= 15 is 0 Å². The van der Waals surface area contributed by atoms with E-state index in [2.05, 4.69) is 0 Å². The quantitative estimate of drug-likeness (QED) is 0.799. The van der Waals surface area contributed by atoms with Gasteiger partial charge in [0.1, 0.15) is 0 Å². The molecule has 0 aliphatic heterocycles. The van der Waals surface area contributed by atoms with Crippen molar-refractivity contribution in [2.45, 2.75) is 0 Å². The lowest BCUT2D eigenvalue weighted by Crippen LogP contribution is -2.12. The van der Waals surface area contributed by atoms with Crippen molar-refractivity contribution in [2.24, 2.45) is 5.73 Å². The van der Waals surface area contributed by atoms with Crippen LogP contribution in [-0.4, -0.2) is 5.91 Å². The van der Waals surface area contributed by atoms with Gasteiger partial charge in [-0.1, -0.05) is 60.7 Å². The summed E-state index contributed by atoms with van der Waals surface area (Å²) in [7, 11) is 0. The van der Waals surface area contributed by atoms with Crippen LogP contribution in [-0.2, 0) is 0 Å². The summed E-state index contributed by atoms with van der Waals surface area (Å²) in [5, 5.41) is 0. The van der Waals surface area contributed by atoms with Gasteiger partial charge in [-0.15, -0.1) is 0 Å². The molecule has 2 rings (SSSR count). The van der Waals surface area contributed by atoms with Crippen molar-refractivity contribution < 1.29 is 4.79 Å². The second-order valence-electron chi connectivity index (χ2n) is 3.70. The van der Waals surface area contributed by atoms with Gasteiger partial charge in [-0.25, -0.2) is 0 Å². The van der Waals surface area contributed by atoms with Gasteiger partial charge in [0.2, 0.25) is 5.91 Å². The minimum Gasteiger partial charge on any atom is -0.366 e. The minimum atomic E-state index is -0.404. The SMILES string of the molecule is NC(=O)c1ccccc1/C=C/c1ccccc1. The van der Waals surface area contributed by atoms with Crippen molar-refractivity contribution in [3.05, 3.63) is 71.3 Å². The topological polar surface area (TPSA) is 43.1 Å². The van der Waals surface area contributed by atoms with E-state index in [0.717, 1.165) is 11.1 Å². The number of hydrogen-bond donors (Lipinski definition) is 1. The van der Waals surface area contributed by atoms with Crippen LogP contribution in [0.4, 0.5) is 0 Å². The van der Waals surface area contributed by atoms with E-state index in [1.165, 1.54) is 0 Å². The first-order valence-electron chi connectivity index (χ1n) is 5.39. The third kappa shape index (κ3) is 2.82. The first kappa shape index (κ1) is 11.1. The number of benzene rings is 2. The lowest BCUT2D eigenvalue weighted by Gasteiger charge is -2.00. The summed E-state index contributed by atoms with van der Waals surface area (Å²) in [5.74, 6) is -0.404. The van der Waals surface area contributed by atoms with E-state index in [9.17, 15) is 4.79 Å². The molecule has 0 bridgehead atoms. The first-order valence-corrected chi connectivity index (χ1v) is 5.39. The molecule has 17 heavy (non-hydrogen) atoms. The van der Waals surface area contributed by atoms with Crippen LogP contribution < -0.4 is 5.73 Å². The number of amides is 1. The zero-order chi connectivity index (χ0) is 12.1. The van der Waals surface area contributed by atoms with Gasteiger partial charge in [0.25, 0.3) is 0 Å². The summed E-state index contributed by atoms with van der Waals surface area (Å²) in [5.41, 5.74) is 7.78. The predicted molar refractivity (Wildman–Crippen MR) is 70.3 cm³/mol. The molecule has 2 nitrogen and oxygen atoms in total. The van der Waals surface area contributed by atoms with E-state index in [1.807, 2.05) is 54.6 Å². The van der Waals surface area contributed by atoms with Gasteiger partial charge in [-0.05, 0) is 17.2 Å². The molecule has 0 saturated carbocycles. The molecule has 2 aromatic rings. The Kier molecular flexibility index (Phi) is 3.36. The van der Waals surface area contributed by atoms with Crippen molar-refractivity contribution in [1.29, 1.82) is 0 Å². The van der Waals surface area contributed by atoms with Crippen LogP contribution in [0.2, 0.25) is 0 Å². The van der Waals surface area contributed by atoms with Gasteiger partial charge in [0.05, 0.1) is 0 Å². The van der Waals surface area contributed by atoms with Crippen LogP contribution in [0.15, 0.2) is 54.6 Å². The molecule has 84 valence electrons. The summed E-state index contributed by atoms with van der Waals surface area (Å²) in [6.07, 6.45) is 3.86. The lowest BCUT2D eigenvalue weighted by atomic mass is 10.1. The van der Waals surface area contributed by atoms with Crippen molar-refractivity contribution in [3.63, 3.8) is 0 Å². The fourth-order valence-corrected chi connectivity index (χ4v) is 1.62. The molecule has 0 heterocycles. The zero-order valence-electron chi connectivity index (χ0n) is 9.34. The standard InChI is InChI=1S/C15H13NO/c16-15(17)14-9-5-4-8-13(14)11-10-12-6-2-1-3-7-12/h1-11H,(H2,16,17)/b11-10+. The van der Waals surface area contributed by atoms with Crippen molar-refractivity contribution >= 4 is 18.1 Å². The maximum Gasteiger partial charge on any atom is 0.249 e. The van der Waals surface area contributed by atoms with Crippen LogP contribution in [0.3, 0.4) is 0 Å². The number of rotatable bonds is 3. The number of carbonyl (C=O) groups excluding carboxylic acids is 1. The molecular weight excluding hydrogens is 210 g/mol. The minimum absolute atomic E-state index is 0.404. The molecule has 0 aliphatic rings. The average molecular weight is 223 g/mol. The Morgan fingerprint density at radius 2 is 1.53 bits per heavy atom. The molecule has 0 spiro atoms. The molecule has 2 heteroatoms. The summed E-state index contributed by atoms with van der Waals surface area (Å²) in [4.78, 5) is 11.2. The van der Waals surface area contributed by atoms with E-state index in [4.69, 9.17) is 5.73 Å². The van der Waals surface area contributed by atoms with Crippen LogP contribution >= 0.6 is 0 Å². The fourth-order valence-electron chi connectivity index (χ4n) is 1.62. The highest BCUT2D eigenvalue weighted by Gasteiger charge is 2.03. The number of carbonyl (C=O) groups is 1. The van der Waals surface area contributed by atoms with Crippen LogP contribution in [0, 0.1) is 0 Å². The summed E-state index contributed by atoms with van der Waals surface area (Å²) >= 11 is 0. The van der Waals surface area contributed by atoms with Gasteiger partial charge in [0.15, 0.2) is 0 Å². The Morgan fingerprint density at radius 1 is 0.882 bits per heavy atom. The summed E-state index contributed by atoms with van der Waals surface area (Å²) in [6, 6.07) is 17.2. The molecule has 2 N–H and O–H groups in total. The average Bonchev–Trinajstić information content (AvgIpc) is 2.38. The van der Waals surface area contributed by atoms with Gasteiger partial charge in [-0.2, -0.15) is 0 Å². The fraction of sp³-hybridized carbons (Fsp3) is 0. The molecule has 0 fully saturated rings. The van der Waals surface area contributed by atoms with Gasteiger partial charge < -0.3 is 5.73 Å². The van der Waals surface area contributed by atoms with E-state index in [0.29, 0.717) is 5.56 Å². The third-order valence-corrected chi connectivity index (χ3v) is 2.48. The molecule has 0 saturated heterocycles. The largest absolute Gasteiger partial charge is 0.366 e. The molecule has 0 atom stereocenters. The highest BCUT2D eigenvalue weighted by Crippen LogP contribution is 2.12. The van der Waals surface area contributed by atoms with Crippen LogP contribution in [0.25, 0.3) is 12.2 Å². The van der Waals surface area contributed by atoms with E-state index in [-0.39, 0.29) is 0 Å². The molecule has 0 aliphatic carbocycles. The number of primary amides is 1. The summed E-state index contributed by atoms with van der Waals surface area (Å²) < 4.78 is 0. The Labute approximate surface area is 100 Å². The first-order chi connectivity index (χ1) is 8.27. The van der Waals surface area contributed by atoms with Crippen molar-refractivity contribution in [1.82, 2.24) is 0 Å². The number of nitrogens with two attached hydrogens (primary N) is 1. The zero-order valence-corrected chi connectivity index (χ0v) is 9.34. The number of hydrogen-bond acceptors (Lipinski definition) is 1. The molecule has 0 aromatic heterocycles.